The zero-order valence-corrected chi connectivity index (χ0v) is 11.2. The maximum atomic E-state index is 9.95. The third-order valence-electron chi connectivity index (χ3n) is 3.19. The lowest BCUT2D eigenvalue weighted by molar-refractivity contribution is 0.137. The fourth-order valence-corrected chi connectivity index (χ4v) is 3.37. The number of nitriles is 2. The molecule has 0 saturated heterocycles. The molecule has 3 N–H and O–H groups in total. The molecule has 2 unspecified atom stereocenters. The summed E-state index contributed by atoms with van der Waals surface area (Å²) in [6.07, 6.45) is 3.42. The Labute approximate surface area is 116 Å². The first-order valence-electron chi connectivity index (χ1n) is 6.11. The van der Waals surface area contributed by atoms with Gasteiger partial charge >= 0.3 is 0 Å². The summed E-state index contributed by atoms with van der Waals surface area (Å²) in [6, 6.07) is 5.40. The Bertz CT molecular complexity index is 561. The van der Waals surface area contributed by atoms with Crippen LogP contribution in [0.4, 0.5) is 5.82 Å². The summed E-state index contributed by atoms with van der Waals surface area (Å²) in [6.45, 7) is 0. The number of pyridine rings is 1. The highest BCUT2D eigenvalue weighted by atomic mass is 32.2. The van der Waals surface area contributed by atoms with E-state index >= 15 is 0 Å². The molecule has 1 aliphatic carbocycles. The summed E-state index contributed by atoms with van der Waals surface area (Å²) < 4.78 is 0. The monoisotopic (exact) mass is 274 g/mol. The molecule has 19 heavy (non-hydrogen) atoms. The molecule has 1 aromatic heterocycles. The van der Waals surface area contributed by atoms with Crippen LogP contribution >= 0.6 is 11.8 Å². The number of nitrogens with zero attached hydrogens (tertiary/aromatic N) is 3. The van der Waals surface area contributed by atoms with Gasteiger partial charge in [0.05, 0.1) is 17.2 Å². The first-order valence-corrected chi connectivity index (χ1v) is 6.99. The largest absolute Gasteiger partial charge is 0.392 e. The van der Waals surface area contributed by atoms with E-state index in [1.807, 2.05) is 12.1 Å². The van der Waals surface area contributed by atoms with Crippen molar-refractivity contribution in [1.29, 1.82) is 10.5 Å². The van der Waals surface area contributed by atoms with Gasteiger partial charge in [0.1, 0.15) is 23.0 Å². The number of thioether (sulfide) groups is 1. The normalized spacial score (nSPS) is 22.5. The van der Waals surface area contributed by atoms with Gasteiger partial charge in [0.2, 0.25) is 0 Å². The van der Waals surface area contributed by atoms with E-state index in [4.69, 9.17) is 16.3 Å². The van der Waals surface area contributed by atoms with Crippen LogP contribution < -0.4 is 5.73 Å². The van der Waals surface area contributed by atoms with Crippen molar-refractivity contribution in [3.63, 3.8) is 0 Å². The van der Waals surface area contributed by atoms with E-state index in [-0.39, 0.29) is 22.7 Å². The van der Waals surface area contributed by atoms with Gasteiger partial charge in [-0.15, -0.1) is 0 Å². The fourth-order valence-electron chi connectivity index (χ4n) is 2.13. The third kappa shape index (κ3) is 2.98. The lowest BCUT2D eigenvalue weighted by Gasteiger charge is -2.26. The van der Waals surface area contributed by atoms with Crippen molar-refractivity contribution < 1.29 is 5.11 Å². The second kappa shape index (κ2) is 5.92. The number of aliphatic hydroxyl groups excluding tert-OH is 1. The molecule has 2 rings (SSSR count). The zero-order chi connectivity index (χ0) is 13.8. The highest BCUT2D eigenvalue weighted by Gasteiger charge is 2.25. The van der Waals surface area contributed by atoms with E-state index in [2.05, 4.69) is 4.98 Å². The zero-order valence-electron chi connectivity index (χ0n) is 10.3. The second-order valence-corrected chi connectivity index (χ2v) is 5.73. The molecule has 1 aliphatic rings. The number of aliphatic hydroxyl groups is 1. The van der Waals surface area contributed by atoms with Gasteiger partial charge in [0.25, 0.3) is 0 Å². The van der Waals surface area contributed by atoms with E-state index < -0.39 is 0 Å². The van der Waals surface area contributed by atoms with Crippen LogP contribution in [-0.2, 0) is 0 Å². The van der Waals surface area contributed by atoms with Crippen LogP contribution in [0.1, 0.15) is 36.8 Å². The quantitative estimate of drug-likeness (QED) is 0.851. The Morgan fingerprint density at radius 2 is 1.95 bits per heavy atom. The van der Waals surface area contributed by atoms with Crippen LogP contribution in [0.25, 0.3) is 0 Å². The van der Waals surface area contributed by atoms with Crippen LogP contribution in [0.2, 0.25) is 0 Å². The summed E-state index contributed by atoms with van der Waals surface area (Å²) in [5.41, 5.74) is 6.23. The Kier molecular flexibility index (Phi) is 4.26. The smallest absolute Gasteiger partial charge is 0.142 e. The molecule has 5 nitrogen and oxygen atoms in total. The van der Waals surface area contributed by atoms with E-state index in [0.717, 1.165) is 25.7 Å². The van der Waals surface area contributed by atoms with Gasteiger partial charge < -0.3 is 10.8 Å². The molecule has 0 radical (unpaired) electrons. The summed E-state index contributed by atoms with van der Waals surface area (Å²) in [5, 5.41) is 28.5. The average molecular weight is 274 g/mol. The highest BCUT2D eigenvalue weighted by Crippen LogP contribution is 2.35. The number of hydrogen-bond donors (Lipinski definition) is 2. The van der Waals surface area contributed by atoms with Gasteiger partial charge in [0, 0.05) is 5.25 Å². The molecule has 2 atom stereocenters. The molecule has 0 aliphatic heterocycles. The molecule has 0 aromatic carbocycles. The summed E-state index contributed by atoms with van der Waals surface area (Å²) >= 11 is 1.38. The van der Waals surface area contributed by atoms with Crippen molar-refractivity contribution in [2.24, 2.45) is 0 Å². The summed E-state index contributed by atoms with van der Waals surface area (Å²) in [5.74, 6) is 0.134. The van der Waals surface area contributed by atoms with Crippen LogP contribution in [0.15, 0.2) is 11.1 Å². The predicted molar refractivity (Wildman–Crippen MR) is 72.2 cm³/mol. The van der Waals surface area contributed by atoms with Crippen LogP contribution in [0, 0.1) is 22.7 Å². The number of hydrogen-bond acceptors (Lipinski definition) is 6. The molecule has 0 bridgehead atoms. The van der Waals surface area contributed by atoms with Crippen molar-refractivity contribution in [3.05, 3.63) is 17.2 Å². The van der Waals surface area contributed by atoms with Gasteiger partial charge in [-0.1, -0.05) is 24.6 Å². The van der Waals surface area contributed by atoms with E-state index in [1.54, 1.807) is 0 Å². The molecule has 1 aromatic rings. The number of aromatic nitrogens is 1. The van der Waals surface area contributed by atoms with Crippen molar-refractivity contribution in [1.82, 2.24) is 4.98 Å². The van der Waals surface area contributed by atoms with Crippen molar-refractivity contribution in [2.45, 2.75) is 42.1 Å². The van der Waals surface area contributed by atoms with Gasteiger partial charge in [-0.25, -0.2) is 4.98 Å². The number of nitrogen functional groups attached to an aromatic ring is 1. The molecule has 1 saturated carbocycles. The third-order valence-corrected chi connectivity index (χ3v) is 4.58. The fraction of sp³-hybridized carbons (Fsp3) is 0.462. The molecule has 1 heterocycles. The van der Waals surface area contributed by atoms with Crippen molar-refractivity contribution in [3.8, 4) is 12.1 Å². The van der Waals surface area contributed by atoms with Crippen LogP contribution in [0.3, 0.4) is 0 Å². The highest BCUT2D eigenvalue weighted by molar-refractivity contribution is 8.00. The molecule has 0 amide bonds. The first kappa shape index (κ1) is 13.7. The summed E-state index contributed by atoms with van der Waals surface area (Å²) in [7, 11) is 0. The minimum atomic E-state index is -0.371. The Morgan fingerprint density at radius 1 is 1.26 bits per heavy atom. The van der Waals surface area contributed by atoms with E-state index in [0.29, 0.717) is 10.6 Å². The second-order valence-electron chi connectivity index (χ2n) is 4.51. The van der Waals surface area contributed by atoms with Gasteiger partial charge in [-0.05, 0) is 18.9 Å². The van der Waals surface area contributed by atoms with Crippen molar-refractivity contribution in [2.75, 3.05) is 5.73 Å². The topological polar surface area (TPSA) is 107 Å². The van der Waals surface area contributed by atoms with Gasteiger partial charge in [0.15, 0.2) is 0 Å². The minimum Gasteiger partial charge on any atom is -0.392 e. The maximum absolute atomic E-state index is 9.95. The van der Waals surface area contributed by atoms with Crippen LogP contribution in [-0.4, -0.2) is 21.4 Å². The van der Waals surface area contributed by atoms with E-state index in [9.17, 15) is 5.11 Å². The van der Waals surface area contributed by atoms with E-state index in [1.165, 1.54) is 17.8 Å². The van der Waals surface area contributed by atoms with Crippen molar-refractivity contribution >= 4 is 17.6 Å². The molecular weight excluding hydrogens is 260 g/mol. The Morgan fingerprint density at radius 3 is 2.58 bits per heavy atom. The number of rotatable bonds is 2. The Balaban J connectivity index is 2.27. The molecule has 6 heteroatoms. The standard InChI is InChI=1S/C13H14N4OS/c14-6-8-5-9(7-15)13(17-12(8)16)19-11-4-2-1-3-10(11)18/h5,10-11,18H,1-4H2,(H2,16,17). The average Bonchev–Trinajstić information content (AvgIpc) is 2.42. The molecular formula is C13H14N4OS. The summed E-state index contributed by atoms with van der Waals surface area (Å²) in [4.78, 5) is 4.13. The molecule has 0 spiro atoms. The number of nitrogens with two attached hydrogens (primary N) is 1. The number of anilines is 1. The SMILES string of the molecule is N#Cc1cc(C#N)c(SC2CCCCC2O)nc1N. The molecule has 98 valence electrons. The lowest BCUT2D eigenvalue weighted by Crippen LogP contribution is -2.27. The minimum absolute atomic E-state index is 0.0423. The Hall–Kier alpha value is -1.76. The van der Waals surface area contributed by atoms with Gasteiger partial charge in [-0.3, -0.25) is 0 Å². The van der Waals surface area contributed by atoms with Gasteiger partial charge in [-0.2, -0.15) is 10.5 Å². The maximum Gasteiger partial charge on any atom is 0.142 e. The predicted octanol–water partition coefficient (Wildman–Crippen LogP) is 1.80. The van der Waals surface area contributed by atoms with Crippen LogP contribution in [0.5, 0.6) is 0 Å². The first-order chi connectivity index (χ1) is 9.15. The molecule has 1 fully saturated rings. The lowest BCUT2D eigenvalue weighted by atomic mass is 9.97.